The van der Waals surface area contributed by atoms with Crippen LogP contribution in [-0.4, -0.2) is 78.1 Å². The molecule has 1 N–H and O–H groups in total. The molecule has 0 radical (unpaired) electrons. The van der Waals surface area contributed by atoms with Crippen molar-refractivity contribution in [3.8, 4) is 0 Å². The number of nitrogens with zero attached hydrogens (tertiary/aromatic N) is 3. The summed E-state index contributed by atoms with van der Waals surface area (Å²) in [6.45, 7) is 4.68. The van der Waals surface area contributed by atoms with Gasteiger partial charge in [-0.2, -0.15) is 0 Å². The molecule has 1 heterocycles. The lowest BCUT2D eigenvalue weighted by Crippen LogP contribution is -2.55. The number of urea groups is 1. The smallest absolute Gasteiger partial charge is 0.319 e. The highest BCUT2D eigenvalue weighted by Crippen LogP contribution is 2.12. The first kappa shape index (κ1) is 14.8. The SMILES string of the molecule is CCC1CN(C(=O)N(C)CCC(=O)O)CCN1C. The molecule has 1 aliphatic heterocycles. The van der Waals surface area contributed by atoms with Gasteiger partial charge in [-0.05, 0) is 13.5 Å². The summed E-state index contributed by atoms with van der Waals surface area (Å²) in [5.74, 6) is -0.875. The van der Waals surface area contributed by atoms with Gasteiger partial charge in [0.15, 0.2) is 0 Å². The average Bonchev–Trinajstić information content (AvgIpc) is 2.35. The molecule has 2 amide bonds. The van der Waals surface area contributed by atoms with E-state index in [0.29, 0.717) is 12.6 Å². The van der Waals surface area contributed by atoms with E-state index in [-0.39, 0.29) is 19.0 Å². The molecule has 6 heteroatoms. The zero-order chi connectivity index (χ0) is 13.7. The van der Waals surface area contributed by atoms with Crippen molar-refractivity contribution in [2.75, 3.05) is 40.3 Å². The third-order valence-electron chi connectivity index (χ3n) is 3.51. The van der Waals surface area contributed by atoms with Gasteiger partial charge in [0.05, 0.1) is 6.42 Å². The summed E-state index contributed by atoms with van der Waals surface area (Å²) in [4.78, 5) is 28.2. The van der Waals surface area contributed by atoms with Crippen LogP contribution >= 0.6 is 0 Å². The van der Waals surface area contributed by atoms with Crippen molar-refractivity contribution < 1.29 is 14.7 Å². The summed E-state index contributed by atoms with van der Waals surface area (Å²) in [6, 6.07) is 0.332. The molecule has 0 bridgehead atoms. The Balaban J connectivity index is 2.48. The molecule has 18 heavy (non-hydrogen) atoms. The predicted octanol–water partition coefficient (Wildman–Crippen LogP) is 0.539. The van der Waals surface area contributed by atoms with Crippen LogP contribution < -0.4 is 0 Å². The van der Waals surface area contributed by atoms with Gasteiger partial charge in [0.25, 0.3) is 0 Å². The molecular weight excluding hydrogens is 234 g/mol. The highest BCUT2D eigenvalue weighted by molar-refractivity contribution is 5.75. The van der Waals surface area contributed by atoms with E-state index >= 15 is 0 Å². The summed E-state index contributed by atoms with van der Waals surface area (Å²) < 4.78 is 0. The second kappa shape index (κ2) is 6.58. The Morgan fingerprint density at radius 1 is 1.39 bits per heavy atom. The van der Waals surface area contributed by atoms with Gasteiger partial charge in [0.1, 0.15) is 0 Å². The van der Waals surface area contributed by atoms with Crippen LogP contribution in [0.5, 0.6) is 0 Å². The molecule has 0 spiro atoms. The van der Waals surface area contributed by atoms with E-state index in [1.54, 1.807) is 7.05 Å². The molecule has 1 fully saturated rings. The van der Waals surface area contributed by atoms with E-state index in [1.165, 1.54) is 4.90 Å². The minimum Gasteiger partial charge on any atom is -0.481 e. The quantitative estimate of drug-likeness (QED) is 0.798. The van der Waals surface area contributed by atoms with E-state index in [2.05, 4.69) is 18.9 Å². The number of likely N-dealkylation sites (N-methyl/N-ethyl adjacent to an activating group) is 1. The number of hydrogen-bond donors (Lipinski definition) is 1. The van der Waals surface area contributed by atoms with Crippen LogP contribution in [0.3, 0.4) is 0 Å². The maximum Gasteiger partial charge on any atom is 0.319 e. The number of carbonyl (C=O) groups excluding carboxylic acids is 1. The minimum absolute atomic E-state index is 0.00676. The molecule has 1 aliphatic rings. The van der Waals surface area contributed by atoms with E-state index in [9.17, 15) is 9.59 Å². The standard InChI is InChI=1S/C12H23N3O3/c1-4-10-9-15(8-7-13(10)2)12(18)14(3)6-5-11(16)17/h10H,4-9H2,1-3H3,(H,16,17). The number of hydrogen-bond acceptors (Lipinski definition) is 3. The molecule has 104 valence electrons. The Kier molecular flexibility index (Phi) is 5.40. The monoisotopic (exact) mass is 257 g/mol. The largest absolute Gasteiger partial charge is 0.481 e. The molecule has 0 aromatic rings. The number of carbonyl (C=O) groups is 2. The number of carboxylic acid groups (broad SMARTS) is 1. The molecule has 1 saturated heterocycles. The van der Waals surface area contributed by atoms with Gasteiger partial charge in [-0.25, -0.2) is 4.79 Å². The highest BCUT2D eigenvalue weighted by atomic mass is 16.4. The van der Waals surface area contributed by atoms with Gasteiger partial charge in [-0.15, -0.1) is 0 Å². The van der Waals surface area contributed by atoms with Gasteiger partial charge < -0.3 is 14.9 Å². The number of rotatable bonds is 4. The maximum absolute atomic E-state index is 12.1. The molecule has 0 aromatic carbocycles. The second-order valence-corrected chi connectivity index (χ2v) is 4.84. The second-order valence-electron chi connectivity index (χ2n) is 4.84. The maximum atomic E-state index is 12.1. The van der Waals surface area contributed by atoms with Crippen LogP contribution in [-0.2, 0) is 4.79 Å². The van der Waals surface area contributed by atoms with Crippen LogP contribution in [0.25, 0.3) is 0 Å². The van der Waals surface area contributed by atoms with Gasteiger partial charge in [-0.3, -0.25) is 9.69 Å². The molecular formula is C12H23N3O3. The zero-order valence-electron chi connectivity index (χ0n) is 11.4. The van der Waals surface area contributed by atoms with E-state index < -0.39 is 5.97 Å². The van der Waals surface area contributed by atoms with Gasteiger partial charge in [0.2, 0.25) is 0 Å². The molecule has 1 rings (SSSR count). The Morgan fingerprint density at radius 3 is 2.61 bits per heavy atom. The first-order valence-corrected chi connectivity index (χ1v) is 6.37. The van der Waals surface area contributed by atoms with Crippen molar-refractivity contribution >= 4 is 12.0 Å². The number of amides is 2. The van der Waals surface area contributed by atoms with Crippen molar-refractivity contribution in [3.05, 3.63) is 0 Å². The number of carboxylic acids is 1. The van der Waals surface area contributed by atoms with Crippen molar-refractivity contribution in [1.82, 2.24) is 14.7 Å². The first-order chi connectivity index (χ1) is 8.45. The fourth-order valence-electron chi connectivity index (χ4n) is 2.16. The molecule has 6 nitrogen and oxygen atoms in total. The summed E-state index contributed by atoms with van der Waals surface area (Å²) in [6.07, 6.45) is 1.01. The van der Waals surface area contributed by atoms with Crippen molar-refractivity contribution in [2.24, 2.45) is 0 Å². The summed E-state index contributed by atoms with van der Waals surface area (Å²) in [5, 5.41) is 8.61. The third-order valence-corrected chi connectivity index (χ3v) is 3.51. The Bertz CT molecular complexity index is 309. The fraction of sp³-hybridized carbons (Fsp3) is 0.833. The summed E-state index contributed by atoms with van der Waals surface area (Å²) >= 11 is 0. The van der Waals surface area contributed by atoms with Gasteiger partial charge in [-0.1, -0.05) is 6.92 Å². The molecule has 1 atom stereocenters. The van der Waals surface area contributed by atoms with Crippen LogP contribution in [0.15, 0.2) is 0 Å². The van der Waals surface area contributed by atoms with E-state index in [4.69, 9.17) is 5.11 Å². The van der Waals surface area contributed by atoms with Crippen molar-refractivity contribution in [2.45, 2.75) is 25.8 Å². The lowest BCUT2D eigenvalue weighted by atomic mass is 10.1. The van der Waals surface area contributed by atoms with Crippen LogP contribution in [0.2, 0.25) is 0 Å². The number of piperazine rings is 1. The van der Waals surface area contributed by atoms with E-state index in [0.717, 1.165) is 19.5 Å². The van der Waals surface area contributed by atoms with Crippen LogP contribution in [0.1, 0.15) is 19.8 Å². The predicted molar refractivity (Wildman–Crippen MR) is 68.6 cm³/mol. The third kappa shape index (κ3) is 3.87. The van der Waals surface area contributed by atoms with Gasteiger partial charge >= 0.3 is 12.0 Å². The number of aliphatic carboxylic acids is 1. The van der Waals surface area contributed by atoms with Crippen molar-refractivity contribution in [1.29, 1.82) is 0 Å². The lowest BCUT2D eigenvalue weighted by Gasteiger charge is -2.40. The molecule has 0 aliphatic carbocycles. The zero-order valence-corrected chi connectivity index (χ0v) is 11.4. The van der Waals surface area contributed by atoms with Crippen LogP contribution in [0.4, 0.5) is 4.79 Å². The Hall–Kier alpha value is -1.30. The average molecular weight is 257 g/mol. The fourth-order valence-corrected chi connectivity index (χ4v) is 2.16. The Morgan fingerprint density at radius 2 is 2.06 bits per heavy atom. The topological polar surface area (TPSA) is 64.1 Å². The van der Waals surface area contributed by atoms with Gasteiger partial charge in [0, 0.05) is 39.3 Å². The minimum atomic E-state index is -0.875. The normalized spacial score (nSPS) is 20.8. The first-order valence-electron chi connectivity index (χ1n) is 6.37. The Labute approximate surface area is 108 Å². The van der Waals surface area contributed by atoms with E-state index in [1.807, 2.05) is 4.90 Å². The summed E-state index contributed by atoms with van der Waals surface area (Å²) in [7, 11) is 3.73. The molecule has 0 aromatic heterocycles. The molecule has 0 saturated carbocycles. The van der Waals surface area contributed by atoms with Crippen molar-refractivity contribution in [3.63, 3.8) is 0 Å². The highest BCUT2D eigenvalue weighted by Gasteiger charge is 2.27. The molecule has 1 unspecified atom stereocenters. The summed E-state index contributed by atoms with van der Waals surface area (Å²) in [5.41, 5.74) is 0. The van der Waals surface area contributed by atoms with Crippen LogP contribution in [0, 0.1) is 0 Å². The lowest BCUT2D eigenvalue weighted by molar-refractivity contribution is -0.137.